The fourth-order valence-corrected chi connectivity index (χ4v) is 2.77. The number of rotatable bonds is 2. The normalized spacial score (nSPS) is 13.3. The molecule has 1 aliphatic rings. The second-order valence-electron chi connectivity index (χ2n) is 4.63. The molecule has 0 atom stereocenters. The van der Waals surface area contributed by atoms with E-state index in [2.05, 4.69) is 10.3 Å². The van der Waals surface area contributed by atoms with E-state index in [1.807, 2.05) is 26.0 Å². The summed E-state index contributed by atoms with van der Waals surface area (Å²) in [5.41, 5.74) is 2.78. The van der Waals surface area contributed by atoms with Crippen LogP contribution in [-0.2, 0) is 17.6 Å². The predicted molar refractivity (Wildman–Crippen MR) is 86.2 cm³/mol. The Labute approximate surface area is 134 Å². The van der Waals surface area contributed by atoms with Crippen LogP contribution in [0.15, 0.2) is 12.1 Å². The molecule has 116 valence electrons. The van der Waals surface area contributed by atoms with Gasteiger partial charge in [0.25, 0.3) is 0 Å². The maximum atomic E-state index is 11.7. The van der Waals surface area contributed by atoms with Gasteiger partial charge in [0, 0.05) is 29.1 Å². The monoisotopic (exact) mass is 319 g/mol. The van der Waals surface area contributed by atoms with Crippen molar-refractivity contribution in [2.24, 2.45) is 0 Å². The molecule has 1 aliphatic heterocycles. The Kier molecular flexibility index (Phi) is 5.29. The number of amides is 1. The van der Waals surface area contributed by atoms with E-state index >= 15 is 0 Å². The molecule has 2 aromatic rings. The minimum atomic E-state index is -0.0540. The standard InChI is InChI=1S/C14H12ClN3O2.C2H6/c15-8-5-11-14(12(6-8)20-4-2-16)9-7-13(19)17-3-1-10(9)18-11;1-2/h5-6,18H,1,3-4,7H2,(H,17,19);1-2H3. The number of ether oxygens (including phenoxy) is 1. The third kappa shape index (κ3) is 3.18. The van der Waals surface area contributed by atoms with Crippen LogP contribution in [0, 0.1) is 11.3 Å². The summed E-state index contributed by atoms with van der Waals surface area (Å²) < 4.78 is 5.45. The Hall–Kier alpha value is -2.19. The van der Waals surface area contributed by atoms with Crippen LogP contribution in [0.1, 0.15) is 25.1 Å². The number of aromatic nitrogens is 1. The summed E-state index contributed by atoms with van der Waals surface area (Å²) in [5, 5.41) is 12.9. The first-order valence-corrected chi connectivity index (χ1v) is 7.66. The summed E-state index contributed by atoms with van der Waals surface area (Å²) in [5.74, 6) is 0.534. The van der Waals surface area contributed by atoms with E-state index in [-0.39, 0.29) is 12.5 Å². The number of nitrogens with one attached hydrogen (secondary N) is 2. The summed E-state index contributed by atoms with van der Waals surface area (Å²) in [6.07, 6.45) is 1.05. The van der Waals surface area contributed by atoms with Crippen LogP contribution in [0.25, 0.3) is 10.9 Å². The first-order chi connectivity index (χ1) is 10.7. The van der Waals surface area contributed by atoms with Crippen molar-refractivity contribution < 1.29 is 9.53 Å². The predicted octanol–water partition coefficient (Wildman–Crippen LogP) is 2.96. The number of carbonyl (C=O) groups excluding carboxylic acids is 1. The number of halogens is 1. The van der Waals surface area contributed by atoms with Gasteiger partial charge in [0.15, 0.2) is 6.61 Å². The summed E-state index contributed by atoms with van der Waals surface area (Å²) in [6, 6.07) is 5.43. The molecule has 5 nitrogen and oxygen atoms in total. The Morgan fingerprint density at radius 3 is 2.91 bits per heavy atom. The highest BCUT2D eigenvalue weighted by Crippen LogP contribution is 2.35. The number of hydrogen-bond donors (Lipinski definition) is 2. The van der Waals surface area contributed by atoms with Gasteiger partial charge >= 0.3 is 0 Å². The molecule has 0 aliphatic carbocycles. The number of carbonyl (C=O) groups is 1. The zero-order chi connectivity index (χ0) is 16.1. The lowest BCUT2D eigenvalue weighted by atomic mass is 10.1. The summed E-state index contributed by atoms with van der Waals surface area (Å²) in [4.78, 5) is 15.0. The van der Waals surface area contributed by atoms with Gasteiger partial charge in [-0.25, -0.2) is 0 Å². The van der Waals surface area contributed by atoms with Gasteiger partial charge in [-0.3, -0.25) is 4.79 Å². The van der Waals surface area contributed by atoms with Gasteiger partial charge in [0.1, 0.15) is 11.8 Å². The molecule has 0 fully saturated rings. The van der Waals surface area contributed by atoms with Crippen molar-refractivity contribution in [2.75, 3.05) is 13.2 Å². The van der Waals surface area contributed by atoms with Gasteiger partial charge < -0.3 is 15.0 Å². The zero-order valence-electron chi connectivity index (χ0n) is 12.6. The Morgan fingerprint density at radius 2 is 2.18 bits per heavy atom. The SMILES string of the molecule is CC.N#CCOc1cc(Cl)cc2[nH]c3c(c12)CC(=O)NCC3. The van der Waals surface area contributed by atoms with Crippen molar-refractivity contribution >= 4 is 28.4 Å². The highest BCUT2D eigenvalue weighted by molar-refractivity contribution is 6.31. The minimum absolute atomic E-state index is 0.00849. The van der Waals surface area contributed by atoms with Gasteiger partial charge in [0.2, 0.25) is 5.91 Å². The van der Waals surface area contributed by atoms with Crippen molar-refractivity contribution in [1.29, 1.82) is 5.26 Å². The molecule has 1 amide bonds. The summed E-state index contributed by atoms with van der Waals surface area (Å²) >= 11 is 6.07. The molecule has 22 heavy (non-hydrogen) atoms. The van der Waals surface area contributed by atoms with E-state index in [9.17, 15) is 4.79 Å². The summed E-state index contributed by atoms with van der Waals surface area (Å²) in [7, 11) is 0. The fourth-order valence-electron chi connectivity index (χ4n) is 2.56. The van der Waals surface area contributed by atoms with Crippen LogP contribution in [0.4, 0.5) is 0 Å². The van der Waals surface area contributed by atoms with Crippen molar-refractivity contribution in [3.63, 3.8) is 0 Å². The maximum absolute atomic E-state index is 11.7. The molecule has 0 saturated carbocycles. The van der Waals surface area contributed by atoms with Crippen molar-refractivity contribution in [3.05, 3.63) is 28.4 Å². The van der Waals surface area contributed by atoms with Gasteiger partial charge in [-0.2, -0.15) is 5.26 Å². The molecule has 0 bridgehead atoms. The Morgan fingerprint density at radius 1 is 1.41 bits per heavy atom. The minimum Gasteiger partial charge on any atom is -0.478 e. The lowest BCUT2D eigenvalue weighted by Gasteiger charge is -2.06. The maximum Gasteiger partial charge on any atom is 0.224 e. The molecule has 3 rings (SSSR count). The number of hydrogen-bond acceptors (Lipinski definition) is 3. The van der Waals surface area contributed by atoms with Crippen LogP contribution in [0.3, 0.4) is 0 Å². The molecule has 1 aromatic heterocycles. The molecule has 0 spiro atoms. The Bertz CT molecular complexity index is 731. The van der Waals surface area contributed by atoms with Crippen molar-refractivity contribution in [3.8, 4) is 11.8 Å². The third-order valence-electron chi connectivity index (χ3n) is 3.35. The molecule has 2 heterocycles. The molecule has 0 radical (unpaired) electrons. The fraction of sp³-hybridized carbons (Fsp3) is 0.375. The number of aromatic amines is 1. The highest BCUT2D eigenvalue weighted by atomic mass is 35.5. The smallest absolute Gasteiger partial charge is 0.224 e. The summed E-state index contributed by atoms with van der Waals surface area (Å²) in [6.45, 7) is 4.56. The van der Waals surface area contributed by atoms with E-state index in [1.54, 1.807) is 6.07 Å². The average molecular weight is 320 g/mol. The number of benzene rings is 1. The second-order valence-corrected chi connectivity index (χ2v) is 5.07. The highest BCUT2D eigenvalue weighted by Gasteiger charge is 2.21. The number of H-pyrrole nitrogens is 1. The van der Waals surface area contributed by atoms with Crippen LogP contribution >= 0.6 is 11.6 Å². The molecule has 0 saturated heterocycles. The Balaban J connectivity index is 0.000000847. The van der Waals surface area contributed by atoms with Gasteiger partial charge in [-0.1, -0.05) is 25.4 Å². The van der Waals surface area contributed by atoms with Crippen LogP contribution < -0.4 is 10.1 Å². The molecule has 0 unspecified atom stereocenters. The average Bonchev–Trinajstić information content (AvgIpc) is 2.73. The van der Waals surface area contributed by atoms with Crippen LogP contribution in [0.2, 0.25) is 5.02 Å². The van der Waals surface area contributed by atoms with Crippen molar-refractivity contribution in [2.45, 2.75) is 26.7 Å². The number of fused-ring (bicyclic) bond motifs is 3. The van der Waals surface area contributed by atoms with E-state index in [1.165, 1.54) is 0 Å². The molecule has 1 aromatic carbocycles. The van der Waals surface area contributed by atoms with E-state index in [4.69, 9.17) is 21.6 Å². The first-order valence-electron chi connectivity index (χ1n) is 7.28. The molecular weight excluding hydrogens is 302 g/mol. The van der Waals surface area contributed by atoms with Crippen LogP contribution in [-0.4, -0.2) is 24.0 Å². The van der Waals surface area contributed by atoms with Gasteiger partial charge in [0.05, 0.1) is 11.9 Å². The quantitative estimate of drug-likeness (QED) is 0.893. The lowest BCUT2D eigenvalue weighted by molar-refractivity contribution is -0.120. The molecular formula is C16H18ClN3O2. The largest absolute Gasteiger partial charge is 0.478 e. The van der Waals surface area contributed by atoms with Gasteiger partial charge in [-0.05, 0) is 17.7 Å². The topological polar surface area (TPSA) is 77.9 Å². The molecule has 2 N–H and O–H groups in total. The first kappa shape index (κ1) is 16.2. The lowest BCUT2D eigenvalue weighted by Crippen LogP contribution is -2.24. The van der Waals surface area contributed by atoms with E-state index < -0.39 is 0 Å². The number of nitrogens with zero attached hydrogens (tertiary/aromatic N) is 1. The number of nitriles is 1. The van der Waals surface area contributed by atoms with Crippen LogP contribution in [0.5, 0.6) is 5.75 Å². The van der Waals surface area contributed by atoms with Crippen molar-refractivity contribution in [1.82, 2.24) is 10.3 Å². The molecule has 6 heteroatoms. The third-order valence-corrected chi connectivity index (χ3v) is 3.56. The van der Waals surface area contributed by atoms with E-state index in [0.29, 0.717) is 23.7 Å². The second kappa shape index (κ2) is 7.19. The zero-order valence-corrected chi connectivity index (χ0v) is 13.4. The van der Waals surface area contributed by atoms with Gasteiger partial charge in [-0.15, -0.1) is 0 Å². The van der Waals surface area contributed by atoms with E-state index in [0.717, 1.165) is 28.6 Å².